The topological polar surface area (TPSA) is 24.4 Å². The summed E-state index contributed by atoms with van der Waals surface area (Å²) in [7, 11) is 0. The van der Waals surface area contributed by atoms with Gasteiger partial charge in [0.15, 0.2) is 5.17 Å². The van der Waals surface area contributed by atoms with Crippen molar-refractivity contribution in [3.63, 3.8) is 0 Å². The minimum atomic E-state index is 0.492. The molecule has 92 valence electrons. The maximum Gasteiger partial charge on any atom is 0.157 e. The van der Waals surface area contributed by atoms with Crippen LogP contribution in [0.3, 0.4) is 0 Å². The molecule has 0 aromatic heterocycles. The lowest BCUT2D eigenvalue weighted by Crippen LogP contribution is -2.30. The van der Waals surface area contributed by atoms with E-state index in [4.69, 9.17) is 0 Å². The normalized spacial score (nSPS) is 21.1. The molecule has 0 fully saturated rings. The van der Waals surface area contributed by atoms with Crippen molar-refractivity contribution in [2.75, 3.05) is 6.54 Å². The predicted molar refractivity (Wildman–Crippen MR) is 76.7 cm³/mol. The molecule has 2 nitrogen and oxygen atoms in total. The highest BCUT2D eigenvalue weighted by Crippen LogP contribution is 2.19. The fraction of sp³-hybridized carbons (Fsp3) is 0.500. The molecule has 1 heterocycles. The van der Waals surface area contributed by atoms with Crippen LogP contribution in [-0.2, 0) is 6.42 Å². The number of thioether (sulfide) groups is 1. The second kappa shape index (κ2) is 6.10. The molecule has 1 aliphatic rings. The largest absolute Gasteiger partial charge is 0.362 e. The Balaban J connectivity index is 1.73. The van der Waals surface area contributed by atoms with E-state index < -0.39 is 0 Å². The summed E-state index contributed by atoms with van der Waals surface area (Å²) in [6.07, 6.45) is 2.28. The number of benzene rings is 1. The Bertz CT molecular complexity index is 375. The van der Waals surface area contributed by atoms with E-state index in [-0.39, 0.29) is 0 Å². The van der Waals surface area contributed by atoms with Gasteiger partial charge in [-0.2, -0.15) is 0 Å². The lowest BCUT2D eigenvalue weighted by atomic mass is 10.1. The lowest BCUT2D eigenvalue weighted by molar-refractivity contribution is 0.610. The van der Waals surface area contributed by atoms with Gasteiger partial charge < -0.3 is 5.32 Å². The van der Waals surface area contributed by atoms with Crippen LogP contribution in [0.5, 0.6) is 0 Å². The summed E-state index contributed by atoms with van der Waals surface area (Å²) in [5, 5.41) is 5.25. The SMILES string of the molecule is CC(CCc1ccccc1)NC1=NCC(C)S1. The molecule has 1 N–H and O–H groups in total. The van der Waals surface area contributed by atoms with Crippen molar-refractivity contribution in [1.82, 2.24) is 5.32 Å². The van der Waals surface area contributed by atoms with Crippen molar-refractivity contribution >= 4 is 16.9 Å². The van der Waals surface area contributed by atoms with Gasteiger partial charge in [0.25, 0.3) is 0 Å². The van der Waals surface area contributed by atoms with Gasteiger partial charge in [-0.05, 0) is 25.3 Å². The molecule has 0 saturated carbocycles. The van der Waals surface area contributed by atoms with Gasteiger partial charge in [-0.3, -0.25) is 4.99 Å². The maximum atomic E-state index is 4.48. The fourth-order valence-electron chi connectivity index (χ4n) is 1.87. The molecule has 0 spiro atoms. The van der Waals surface area contributed by atoms with Gasteiger partial charge in [0.1, 0.15) is 0 Å². The van der Waals surface area contributed by atoms with Crippen LogP contribution in [0, 0.1) is 0 Å². The molecule has 17 heavy (non-hydrogen) atoms. The zero-order valence-corrected chi connectivity index (χ0v) is 11.3. The van der Waals surface area contributed by atoms with E-state index in [1.54, 1.807) is 0 Å². The number of nitrogens with zero attached hydrogens (tertiary/aromatic N) is 1. The van der Waals surface area contributed by atoms with Crippen molar-refractivity contribution in [2.24, 2.45) is 4.99 Å². The molecule has 0 bridgehead atoms. The van der Waals surface area contributed by atoms with E-state index in [2.05, 4.69) is 54.5 Å². The van der Waals surface area contributed by atoms with E-state index in [0.717, 1.165) is 24.6 Å². The number of nitrogens with one attached hydrogen (secondary N) is 1. The Morgan fingerprint density at radius 1 is 1.41 bits per heavy atom. The standard InChI is InChI=1S/C14H20N2S/c1-11(16-14-15-10-12(2)17-14)8-9-13-6-4-3-5-7-13/h3-7,11-12H,8-10H2,1-2H3,(H,15,16). The van der Waals surface area contributed by atoms with Crippen LogP contribution in [0.25, 0.3) is 0 Å². The first-order chi connectivity index (χ1) is 8.24. The molecule has 3 heteroatoms. The molecule has 2 rings (SSSR count). The van der Waals surface area contributed by atoms with Crippen LogP contribution in [-0.4, -0.2) is 23.0 Å². The molecule has 0 amide bonds. The van der Waals surface area contributed by atoms with Crippen LogP contribution in [0.2, 0.25) is 0 Å². The molecule has 1 aromatic rings. The van der Waals surface area contributed by atoms with Gasteiger partial charge in [0, 0.05) is 11.3 Å². The number of aliphatic imine (C=N–C) groups is 1. The highest BCUT2D eigenvalue weighted by Gasteiger charge is 2.16. The fourth-order valence-corrected chi connectivity index (χ4v) is 2.82. The molecule has 2 atom stereocenters. The molecular weight excluding hydrogens is 228 g/mol. The second-order valence-electron chi connectivity index (χ2n) is 4.64. The van der Waals surface area contributed by atoms with Gasteiger partial charge in [-0.25, -0.2) is 0 Å². The zero-order chi connectivity index (χ0) is 12.1. The summed E-state index contributed by atoms with van der Waals surface area (Å²) in [4.78, 5) is 4.48. The number of amidine groups is 1. The number of hydrogen-bond donors (Lipinski definition) is 1. The summed E-state index contributed by atoms with van der Waals surface area (Å²) in [5.74, 6) is 0. The third kappa shape index (κ3) is 4.08. The van der Waals surface area contributed by atoms with Gasteiger partial charge in [0.05, 0.1) is 6.54 Å². The van der Waals surface area contributed by atoms with Gasteiger partial charge in [-0.1, -0.05) is 49.0 Å². The number of rotatable bonds is 4. The van der Waals surface area contributed by atoms with Gasteiger partial charge >= 0.3 is 0 Å². The average Bonchev–Trinajstić information content (AvgIpc) is 2.73. The Kier molecular flexibility index (Phi) is 4.49. The van der Waals surface area contributed by atoms with Crippen LogP contribution in [0.1, 0.15) is 25.8 Å². The van der Waals surface area contributed by atoms with E-state index in [1.807, 2.05) is 11.8 Å². The Labute approximate surface area is 108 Å². The summed E-state index contributed by atoms with van der Waals surface area (Å²) < 4.78 is 0. The van der Waals surface area contributed by atoms with Crippen LogP contribution in [0.15, 0.2) is 35.3 Å². The average molecular weight is 248 g/mol. The quantitative estimate of drug-likeness (QED) is 0.885. The maximum absolute atomic E-state index is 4.48. The highest BCUT2D eigenvalue weighted by molar-refractivity contribution is 8.14. The minimum absolute atomic E-state index is 0.492. The van der Waals surface area contributed by atoms with Crippen molar-refractivity contribution in [2.45, 2.75) is 38.0 Å². The first-order valence-electron chi connectivity index (χ1n) is 6.25. The summed E-state index contributed by atoms with van der Waals surface area (Å²) in [5.41, 5.74) is 1.41. The monoisotopic (exact) mass is 248 g/mol. The van der Waals surface area contributed by atoms with Crippen LogP contribution in [0.4, 0.5) is 0 Å². The smallest absolute Gasteiger partial charge is 0.157 e. The number of aryl methyl sites for hydroxylation is 1. The summed E-state index contributed by atoms with van der Waals surface area (Å²) in [6.45, 7) is 5.41. The Morgan fingerprint density at radius 2 is 2.18 bits per heavy atom. The zero-order valence-electron chi connectivity index (χ0n) is 10.5. The third-order valence-corrected chi connectivity index (χ3v) is 3.91. The van der Waals surface area contributed by atoms with Crippen LogP contribution >= 0.6 is 11.8 Å². The Morgan fingerprint density at radius 3 is 2.82 bits per heavy atom. The first-order valence-corrected chi connectivity index (χ1v) is 7.13. The van der Waals surface area contributed by atoms with E-state index in [9.17, 15) is 0 Å². The molecule has 0 radical (unpaired) electrons. The predicted octanol–water partition coefficient (Wildman–Crippen LogP) is 3.09. The first kappa shape index (κ1) is 12.5. The van der Waals surface area contributed by atoms with Gasteiger partial charge in [-0.15, -0.1) is 0 Å². The van der Waals surface area contributed by atoms with E-state index in [1.165, 1.54) is 5.56 Å². The minimum Gasteiger partial charge on any atom is -0.362 e. The molecule has 1 aromatic carbocycles. The molecule has 0 saturated heterocycles. The summed E-state index contributed by atoms with van der Waals surface area (Å²) >= 11 is 1.85. The summed E-state index contributed by atoms with van der Waals surface area (Å²) in [6, 6.07) is 11.1. The third-order valence-electron chi connectivity index (χ3n) is 2.88. The van der Waals surface area contributed by atoms with Crippen LogP contribution < -0.4 is 5.32 Å². The highest BCUT2D eigenvalue weighted by atomic mass is 32.2. The van der Waals surface area contributed by atoms with Crippen molar-refractivity contribution in [1.29, 1.82) is 0 Å². The second-order valence-corrected chi connectivity index (χ2v) is 6.07. The van der Waals surface area contributed by atoms with Gasteiger partial charge in [0.2, 0.25) is 0 Å². The molecular formula is C14H20N2S. The molecule has 0 aliphatic carbocycles. The number of hydrogen-bond acceptors (Lipinski definition) is 3. The van der Waals surface area contributed by atoms with E-state index >= 15 is 0 Å². The van der Waals surface area contributed by atoms with Crippen molar-refractivity contribution in [3.8, 4) is 0 Å². The lowest BCUT2D eigenvalue weighted by Gasteiger charge is -2.14. The molecule has 1 aliphatic heterocycles. The Hall–Kier alpha value is -0.960. The van der Waals surface area contributed by atoms with Crippen molar-refractivity contribution in [3.05, 3.63) is 35.9 Å². The van der Waals surface area contributed by atoms with E-state index in [0.29, 0.717) is 11.3 Å². The van der Waals surface area contributed by atoms with Crippen molar-refractivity contribution < 1.29 is 0 Å². The molecule has 2 unspecified atom stereocenters.